The molecule has 3 N–H and O–H groups in total. The number of rotatable bonds is 6. The van der Waals surface area contributed by atoms with Crippen LogP contribution in [0.25, 0.3) is 10.9 Å². The summed E-state index contributed by atoms with van der Waals surface area (Å²) in [5.74, 6) is 0.0723. The third kappa shape index (κ3) is 3.29. The smallest absolute Gasteiger partial charge is 0.0512 e. The van der Waals surface area contributed by atoms with Gasteiger partial charge in [0.05, 0.1) is 6.61 Å². The van der Waals surface area contributed by atoms with Crippen molar-refractivity contribution in [3.63, 3.8) is 0 Å². The van der Waals surface area contributed by atoms with E-state index >= 15 is 0 Å². The Morgan fingerprint density at radius 3 is 2.86 bits per heavy atom. The summed E-state index contributed by atoms with van der Waals surface area (Å²) in [6, 6.07) is 14.3. The van der Waals surface area contributed by atoms with Crippen molar-refractivity contribution in [1.82, 2.24) is 15.3 Å². The van der Waals surface area contributed by atoms with Gasteiger partial charge in [0.15, 0.2) is 0 Å². The highest BCUT2D eigenvalue weighted by Gasteiger charge is 2.10. The predicted molar refractivity (Wildman–Crippen MR) is 84.1 cm³/mol. The Morgan fingerprint density at radius 1 is 1.19 bits per heavy atom. The van der Waals surface area contributed by atoms with Crippen LogP contribution < -0.4 is 5.32 Å². The molecule has 21 heavy (non-hydrogen) atoms. The predicted octanol–water partition coefficient (Wildman–Crippen LogP) is 2.43. The monoisotopic (exact) mass is 281 g/mol. The molecule has 0 saturated heterocycles. The summed E-state index contributed by atoms with van der Waals surface area (Å²) in [6.07, 6.45) is 3.56. The van der Waals surface area contributed by atoms with Crippen molar-refractivity contribution in [1.29, 1.82) is 0 Å². The van der Waals surface area contributed by atoms with E-state index in [4.69, 9.17) is 0 Å². The van der Waals surface area contributed by atoms with Crippen LogP contribution in [0.1, 0.15) is 17.2 Å². The SMILES string of the molecule is OCC(CNCc1cc2ccccc2[nH]1)c1cccnc1. The second-order valence-corrected chi connectivity index (χ2v) is 5.18. The van der Waals surface area contributed by atoms with Crippen molar-refractivity contribution in [2.45, 2.75) is 12.5 Å². The molecule has 1 aromatic carbocycles. The Kier molecular flexibility index (Phi) is 4.28. The molecule has 1 unspecified atom stereocenters. The van der Waals surface area contributed by atoms with E-state index in [0.717, 1.165) is 29.9 Å². The number of aromatic amines is 1. The van der Waals surface area contributed by atoms with Crippen molar-refractivity contribution >= 4 is 10.9 Å². The van der Waals surface area contributed by atoms with Gasteiger partial charge in [0.25, 0.3) is 0 Å². The van der Waals surface area contributed by atoms with E-state index < -0.39 is 0 Å². The van der Waals surface area contributed by atoms with E-state index in [1.165, 1.54) is 5.39 Å². The number of hydrogen-bond donors (Lipinski definition) is 3. The fourth-order valence-electron chi connectivity index (χ4n) is 2.52. The van der Waals surface area contributed by atoms with Crippen molar-refractivity contribution < 1.29 is 5.11 Å². The first-order valence-corrected chi connectivity index (χ1v) is 7.15. The van der Waals surface area contributed by atoms with Crippen molar-refractivity contribution in [2.75, 3.05) is 13.2 Å². The lowest BCUT2D eigenvalue weighted by molar-refractivity contribution is 0.261. The lowest BCUT2D eigenvalue weighted by Crippen LogP contribution is -2.23. The summed E-state index contributed by atoms with van der Waals surface area (Å²) in [7, 11) is 0. The first kappa shape index (κ1) is 13.8. The summed E-state index contributed by atoms with van der Waals surface area (Å²) in [4.78, 5) is 7.49. The number of nitrogens with one attached hydrogen (secondary N) is 2. The Balaban J connectivity index is 1.60. The van der Waals surface area contributed by atoms with Crippen LogP contribution in [0.4, 0.5) is 0 Å². The minimum atomic E-state index is 0.0723. The van der Waals surface area contributed by atoms with Gasteiger partial charge in [-0.25, -0.2) is 0 Å². The zero-order valence-corrected chi connectivity index (χ0v) is 11.8. The molecule has 1 atom stereocenters. The van der Waals surface area contributed by atoms with Gasteiger partial charge >= 0.3 is 0 Å². The van der Waals surface area contributed by atoms with Crippen LogP contribution in [0.5, 0.6) is 0 Å². The normalized spacial score (nSPS) is 12.6. The van der Waals surface area contributed by atoms with Crippen molar-refractivity contribution in [3.8, 4) is 0 Å². The van der Waals surface area contributed by atoms with Gasteiger partial charge in [-0.3, -0.25) is 4.98 Å². The maximum absolute atomic E-state index is 9.52. The molecule has 4 heteroatoms. The summed E-state index contributed by atoms with van der Waals surface area (Å²) < 4.78 is 0. The van der Waals surface area contributed by atoms with Gasteiger partial charge in [-0.1, -0.05) is 24.3 Å². The van der Waals surface area contributed by atoms with Gasteiger partial charge in [0.1, 0.15) is 0 Å². The topological polar surface area (TPSA) is 60.9 Å². The summed E-state index contributed by atoms with van der Waals surface area (Å²) in [5.41, 5.74) is 3.36. The molecule has 3 aromatic rings. The summed E-state index contributed by atoms with van der Waals surface area (Å²) in [5, 5.41) is 14.1. The van der Waals surface area contributed by atoms with Crippen LogP contribution in [-0.4, -0.2) is 28.2 Å². The quantitative estimate of drug-likeness (QED) is 0.650. The second kappa shape index (κ2) is 6.52. The number of nitrogens with zero attached hydrogens (tertiary/aromatic N) is 1. The number of para-hydroxylation sites is 1. The highest BCUT2D eigenvalue weighted by atomic mass is 16.3. The van der Waals surface area contributed by atoms with Crippen molar-refractivity contribution in [3.05, 3.63) is 66.1 Å². The van der Waals surface area contributed by atoms with Crippen LogP contribution in [0, 0.1) is 0 Å². The summed E-state index contributed by atoms with van der Waals surface area (Å²) >= 11 is 0. The molecular formula is C17H19N3O. The third-order valence-electron chi connectivity index (χ3n) is 3.67. The number of hydrogen-bond acceptors (Lipinski definition) is 3. The number of pyridine rings is 1. The third-order valence-corrected chi connectivity index (χ3v) is 3.67. The molecule has 0 fully saturated rings. The number of aromatic nitrogens is 2. The van der Waals surface area contributed by atoms with Crippen LogP contribution in [0.2, 0.25) is 0 Å². The maximum Gasteiger partial charge on any atom is 0.0512 e. The van der Waals surface area contributed by atoms with E-state index in [1.54, 1.807) is 6.20 Å². The molecule has 0 aliphatic carbocycles. The average Bonchev–Trinajstić information content (AvgIpc) is 2.95. The molecule has 2 aromatic heterocycles. The summed E-state index contributed by atoms with van der Waals surface area (Å²) in [6.45, 7) is 1.59. The molecule has 0 saturated carbocycles. The molecule has 0 amide bonds. The number of H-pyrrole nitrogens is 1. The van der Waals surface area contributed by atoms with Gasteiger partial charge < -0.3 is 15.4 Å². The molecule has 0 radical (unpaired) electrons. The van der Waals surface area contributed by atoms with Gasteiger partial charge in [-0.2, -0.15) is 0 Å². The Bertz CT molecular complexity index is 660. The fraction of sp³-hybridized carbons (Fsp3) is 0.235. The van der Waals surface area contributed by atoms with Gasteiger partial charge in [0.2, 0.25) is 0 Å². The number of fused-ring (bicyclic) bond motifs is 1. The van der Waals surface area contributed by atoms with Crippen molar-refractivity contribution in [2.24, 2.45) is 0 Å². The Hall–Kier alpha value is -2.17. The lowest BCUT2D eigenvalue weighted by Gasteiger charge is -2.14. The zero-order chi connectivity index (χ0) is 14.5. The van der Waals surface area contributed by atoms with E-state index in [-0.39, 0.29) is 12.5 Å². The van der Waals surface area contributed by atoms with E-state index in [1.807, 2.05) is 30.5 Å². The Labute approximate surface area is 123 Å². The van der Waals surface area contributed by atoms with Crippen LogP contribution in [-0.2, 0) is 6.54 Å². The van der Waals surface area contributed by atoms with Crippen LogP contribution in [0.3, 0.4) is 0 Å². The molecular weight excluding hydrogens is 262 g/mol. The van der Waals surface area contributed by atoms with Crippen LogP contribution >= 0.6 is 0 Å². The van der Waals surface area contributed by atoms with Gasteiger partial charge in [-0.15, -0.1) is 0 Å². The fourth-order valence-corrected chi connectivity index (χ4v) is 2.52. The zero-order valence-electron chi connectivity index (χ0n) is 11.8. The first-order chi connectivity index (χ1) is 10.4. The highest BCUT2D eigenvalue weighted by Crippen LogP contribution is 2.15. The minimum Gasteiger partial charge on any atom is -0.396 e. The largest absolute Gasteiger partial charge is 0.396 e. The maximum atomic E-state index is 9.52. The standard InChI is InChI=1S/C17H19N3O/c21-12-15(14-5-3-7-18-9-14)10-19-11-16-8-13-4-1-2-6-17(13)20-16/h1-9,15,19-21H,10-12H2. The molecule has 0 spiro atoms. The molecule has 2 heterocycles. The molecule has 0 bridgehead atoms. The van der Waals surface area contributed by atoms with E-state index in [2.05, 4.69) is 33.5 Å². The Morgan fingerprint density at radius 2 is 2.10 bits per heavy atom. The minimum absolute atomic E-state index is 0.0723. The van der Waals surface area contributed by atoms with Crippen LogP contribution in [0.15, 0.2) is 54.9 Å². The molecule has 108 valence electrons. The highest BCUT2D eigenvalue weighted by molar-refractivity contribution is 5.80. The molecule has 0 aliphatic heterocycles. The average molecular weight is 281 g/mol. The molecule has 3 rings (SSSR count). The lowest BCUT2D eigenvalue weighted by atomic mass is 10.0. The molecule has 0 aliphatic rings. The van der Waals surface area contributed by atoms with Gasteiger partial charge in [0, 0.05) is 42.6 Å². The number of aliphatic hydroxyl groups is 1. The molecule has 4 nitrogen and oxygen atoms in total. The second-order valence-electron chi connectivity index (χ2n) is 5.18. The number of benzene rings is 1. The van der Waals surface area contributed by atoms with E-state index in [9.17, 15) is 5.11 Å². The number of aliphatic hydroxyl groups excluding tert-OH is 1. The van der Waals surface area contributed by atoms with E-state index in [0.29, 0.717) is 0 Å². The first-order valence-electron chi connectivity index (χ1n) is 7.15. The van der Waals surface area contributed by atoms with Gasteiger partial charge in [-0.05, 0) is 29.1 Å².